The van der Waals surface area contributed by atoms with Gasteiger partial charge in [0, 0.05) is 0 Å². The summed E-state index contributed by atoms with van der Waals surface area (Å²) in [7, 11) is 0. The number of amides is 6. The fourth-order valence-corrected chi connectivity index (χ4v) is 2.20. The van der Waals surface area contributed by atoms with E-state index in [1.807, 2.05) is 0 Å². The van der Waals surface area contributed by atoms with Crippen LogP contribution in [-0.4, -0.2) is 97.8 Å². The van der Waals surface area contributed by atoms with Crippen molar-refractivity contribution >= 4 is 48.1 Å². The van der Waals surface area contributed by atoms with Crippen LogP contribution < -0.4 is 16.7 Å². The molecule has 2 rings (SSSR count). The normalized spacial score (nSPS) is 16.7. The van der Waals surface area contributed by atoms with E-state index in [0.29, 0.717) is 10.7 Å². The SMILES string of the molecule is CC(C)(C)OC(=O)NN1CC(/C=N/O)=NN(C(=O)OC(C)(C)C)C1=O.NN1CC(/C=N/O)=NNC1=O. The van der Waals surface area contributed by atoms with Crippen molar-refractivity contribution in [2.75, 3.05) is 13.1 Å². The smallest absolute Gasteiger partial charge is 0.439 e. The van der Waals surface area contributed by atoms with Gasteiger partial charge < -0.3 is 19.9 Å². The molecule has 0 radical (unpaired) electrons. The average molecular weight is 515 g/mol. The van der Waals surface area contributed by atoms with E-state index in [-0.39, 0.29) is 18.8 Å². The quantitative estimate of drug-likeness (QED) is 0.116. The highest BCUT2D eigenvalue weighted by Gasteiger charge is 2.36. The van der Waals surface area contributed by atoms with Crippen molar-refractivity contribution in [2.24, 2.45) is 26.4 Å². The molecule has 0 atom stereocenters. The lowest BCUT2D eigenvalue weighted by Gasteiger charge is -2.32. The minimum atomic E-state index is -1.04. The van der Waals surface area contributed by atoms with Gasteiger partial charge in [0.2, 0.25) is 0 Å². The molecule has 200 valence electrons. The maximum absolute atomic E-state index is 12.4. The number of carbonyl (C=O) groups is 4. The number of hydrogen-bond acceptors (Lipinski definition) is 13. The second-order valence-electron chi connectivity index (χ2n) is 9.00. The number of imide groups is 1. The molecule has 18 heteroatoms. The van der Waals surface area contributed by atoms with Crippen LogP contribution in [-0.2, 0) is 9.47 Å². The first-order chi connectivity index (χ1) is 16.6. The van der Waals surface area contributed by atoms with Crippen molar-refractivity contribution in [1.29, 1.82) is 0 Å². The fraction of sp³-hybridized carbons (Fsp3) is 0.556. The summed E-state index contributed by atoms with van der Waals surface area (Å²) in [6.07, 6.45) is 0.0802. The van der Waals surface area contributed by atoms with E-state index in [2.05, 4.69) is 31.4 Å². The van der Waals surface area contributed by atoms with Crippen LogP contribution in [0.15, 0.2) is 20.5 Å². The summed E-state index contributed by atoms with van der Waals surface area (Å²) in [6.45, 7) is 9.73. The number of hydrazone groups is 2. The number of oxime groups is 2. The fourth-order valence-electron chi connectivity index (χ4n) is 2.20. The van der Waals surface area contributed by atoms with Crippen molar-refractivity contribution < 1.29 is 39.1 Å². The van der Waals surface area contributed by atoms with E-state index >= 15 is 0 Å². The molecule has 6 N–H and O–H groups in total. The zero-order valence-corrected chi connectivity index (χ0v) is 20.6. The van der Waals surface area contributed by atoms with Crippen LogP contribution in [0.4, 0.5) is 19.2 Å². The van der Waals surface area contributed by atoms with Crippen molar-refractivity contribution in [1.82, 2.24) is 25.9 Å². The van der Waals surface area contributed by atoms with Crippen LogP contribution in [0.3, 0.4) is 0 Å². The summed E-state index contributed by atoms with van der Waals surface area (Å²) < 4.78 is 10.1. The number of rotatable bonds is 3. The van der Waals surface area contributed by atoms with Crippen LogP contribution in [0.1, 0.15) is 41.5 Å². The Labute approximate surface area is 205 Å². The Morgan fingerprint density at radius 2 is 1.58 bits per heavy atom. The summed E-state index contributed by atoms with van der Waals surface area (Å²) in [5.41, 5.74) is 3.10. The summed E-state index contributed by atoms with van der Waals surface area (Å²) in [5, 5.41) is 31.7. The van der Waals surface area contributed by atoms with Gasteiger partial charge in [0.1, 0.15) is 22.6 Å². The first kappa shape index (κ1) is 29.6. The highest BCUT2D eigenvalue weighted by atomic mass is 16.6. The maximum atomic E-state index is 12.4. The second kappa shape index (κ2) is 12.3. The Balaban J connectivity index is 0.000000488. The summed E-state index contributed by atoms with van der Waals surface area (Å²) in [4.78, 5) is 47.0. The van der Waals surface area contributed by atoms with E-state index in [4.69, 9.17) is 25.7 Å². The minimum Gasteiger partial charge on any atom is -0.443 e. The lowest BCUT2D eigenvalue weighted by molar-refractivity contribution is 0.0193. The van der Waals surface area contributed by atoms with Gasteiger partial charge in [-0.3, -0.25) is 5.01 Å². The first-order valence-corrected chi connectivity index (χ1v) is 10.2. The molecule has 18 nitrogen and oxygen atoms in total. The number of nitrogens with zero attached hydrogens (tertiary/aromatic N) is 7. The van der Waals surface area contributed by atoms with Crippen molar-refractivity contribution in [3.63, 3.8) is 0 Å². The summed E-state index contributed by atoms with van der Waals surface area (Å²) in [6, 6.07) is -1.43. The topological polar surface area (TPSA) is 236 Å². The standard InChI is InChI=1S/C14H23N5O6.C4H7N5O2/c1-13(2,3)24-10(20)17-18-8-9(7-15-23)16-19(11(18)21)12(22)25-14(4,5)6;5-9-2-3(1-6-11)7-8-4(9)10/h7,23H,8H2,1-6H3,(H,17,20);1,11H,2,5H2,(H,8,10)/b15-7+;6-1+. The molecular formula is C18H30N10O8. The highest BCUT2D eigenvalue weighted by Crippen LogP contribution is 2.14. The van der Waals surface area contributed by atoms with Crippen LogP contribution in [0.5, 0.6) is 0 Å². The third kappa shape index (κ3) is 10.2. The number of hydrogen-bond donors (Lipinski definition) is 5. The number of nitrogens with two attached hydrogens (primary N) is 1. The van der Waals surface area contributed by atoms with E-state index in [9.17, 15) is 19.2 Å². The van der Waals surface area contributed by atoms with Crippen LogP contribution in [0.25, 0.3) is 0 Å². The molecule has 0 aliphatic carbocycles. The van der Waals surface area contributed by atoms with Gasteiger partial charge in [-0.2, -0.15) is 10.2 Å². The van der Waals surface area contributed by atoms with Crippen LogP contribution in [0.2, 0.25) is 0 Å². The molecule has 0 saturated heterocycles. The molecule has 2 aliphatic rings. The largest absolute Gasteiger partial charge is 0.443 e. The molecule has 2 aliphatic heterocycles. The van der Waals surface area contributed by atoms with Gasteiger partial charge in [-0.15, -0.1) is 5.01 Å². The molecule has 6 amide bonds. The predicted molar refractivity (Wildman–Crippen MR) is 124 cm³/mol. The van der Waals surface area contributed by atoms with Gasteiger partial charge in [0.25, 0.3) is 0 Å². The van der Waals surface area contributed by atoms with Crippen LogP contribution >= 0.6 is 0 Å². The van der Waals surface area contributed by atoms with Gasteiger partial charge in [-0.25, -0.2) is 40.9 Å². The Hall–Kier alpha value is -4.48. The molecule has 0 saturated carbocycles. The molecule has 0 unspecified atom stereocenters. The zero-order chi connectivity index (χ0) is 27.7. The Morgan fingerprint density at radius 1 is 1.03 bits per heavy atom. The third-order valence-corrected chi connectivity index (χ3v) is 3.45. The third-order valence-electron chi connectivity index (χ3n) is 3.45. The average Bonchev–Trinajstić information content (AvgIpc) is 2.71. The minimum absolute atomic E-state index is 0.0315. The predicted octanol–water partition coefficient (Wildman–Crippen LogP) is 0.616. The molecule has 0 spiro atoms. The maximum Gasteiger partial charge on any atom is 0.439 e. The van der Waals surface area contributed by atoms with E-state index in [1.165, 1.54) is 0 Å². The summed E-state index contributed by atoms with van der Waals surface area (Å²) in [5.74, 6) is 5.20. The molecule has 0 aromatic heterocycles. The zero-order valence-electron chi connectivity index (χ0n) is 20.6. The molecule has 36 heavy (non-hydrogen) atoms. The number of carbonyl (C=O) groups excluding carboxylic acids is 4. The monoisotopic (exact) mass is 514 g/mol. The van der Waals surface area contributed by atoms with E-state index < -0.39 is 35.5 Å². The molecular weight excluding hydrogens is 484 g/mol. The molecule has 2 heterocycles. The highest BCUT2D eigenvalue weighted by molar-refractivity contribution is 6.33. The molecule has 0 aromatic rings. The second-order valence-corrected chi connectivity index (χ2v) is 9.00. The molecule has 0 bridgehead atoms. The Bertz CT molecular complexity index is 964. The summed E-state index contributed by atoms with van der Waals surface area (Å²) >= 11 is 0. The van der Waals surface area contributed by atoms with Crippen LogP contribution in [0, 0.1) is 0 Å². The Morgan fingerprint density at radius 3 is 2.08 bits per heavy atom. The Kier molecular flexibility index (Phi) is 10.1. The number of urea groups is 2. The number of nitrogens with one attached hydrogen (secondary N) is 2. The number of hydrazine groups is 2. The van der Waals surface area contributed by atoms with Gasteiger partial charge in [0.15, 0.2) is 0 Å². The van der Waals surface area contributed by atoms with Gasteiger partial charge >= 0.3 is 24.2 Å². The van der Waals surface area contributed by atoms with Crippen molar-refractivity contribution in [2.45, 2.75) is 52.7 Å². The lowest BCUT2D eigenvalue weighted by atomic mass is 10.2. The number of ether oxygens (including phenoxy) is 2. The van der Waals surface area contributed by atoms with Crippen molar-refractivity contribution in [3.8, 4) is 0 Å². The first-order valence-electron chi connectivity index (χ1n) is 10.2. The molecule has 0 aromatic carbocycles. The van der Waals surface area contributed by atoms with E-state index in [0.717, 1.165) is 22.4 Å². The van der Waals surface area contributed by atoms with Gasteiger partial charge in [-0.05, 0) is 41.5 Å². The molecule has 0 fully saturated rings. The van der Waals surface area contributed by atoms with Gasteiger partial charge in [0.05, 0.1) is 25.5 Å². The van der Waals surface area contributed by atoms with Crippen molar-refractivity contribution in [3.05, 3.63) is 0 Å². The van der Waals surface area contributed by atoms with E-state index in [1.54, 1.807) is 41.5 Å². The lowest BCUT2D eigenvalue weighted by Crippen LogP contribution is -2.58. The van der Waals surface area contributed by atoms with Gasteiger partial charge in [-0.1, -0.05) is 10.3 Å².